The van der Waals surface area contributed by atoms with E-state index >= 15 is 0 Å². The van der Waals surface area contributed by atoms with Gasteiger partial charge in [-0.2, -0.15) is 0 Å². The van der Waals surface area contributed by atoms with Crippen LogP contribution in [0.4, 0.5) is 0 Å². The zero-order valence-corrected chi connectivity index (χ0v) is 8.37. The molecule has 2 N–H and O–H groups in total. The summed E-state index contributed by atoms with van der Waals surface area (Å²) in [5, 5.41) is 0. The second-order valence-electron chi connectivity index (χ2n) is 2.46. The van der Waals surface area contributed by atoms with E-state index in [-0.39, 0.29) is 0 Å². The predicted octanol–water partition coefficient (Wildman–Crippen LogP) is 2.85. The van der Waals surface area contributed by atoms with Crippen molar-refractivity contribution in [3.8, 4) is 0 Å². The highest BCUT2D eigenvalue weighted by Crippen LogP contribution is 2.21. The van der Waals surface area contributed by atoms with E-state index in [1.165, 1.54) is 4.88 Å². The van der Waals surface area contributed by atoms with Crippen molar-refractivity contribution in [2.45, 2.75) is 12.8 Å². The van der Waals surface area contributed by atoms with Crippen LogP contribution in [0.2, 0.25) is 4.34 Å². The Kier molecular flexibility index (Phi) is 4.36. The summed E-state index contributed by atoms with van der Waals surface area (Å²) in [6, 6.07) is 3.98. The minimum atomic E-state index is 0.724. The summed E-state index contributed by atoms with van der Waals surface area (Å²) in [5.74, 6) is 0. The first-order valence-electron chi connectivity index (χ1n) is 3.92. The van der Waals surface area contributed by atoms with E-state index in [0.29, 0.717) is 0 Å². The highest BCUT2D eigenvalue weighted by atomic mass is 35.5. The molecule has 0 saturated heterocycles. The molecule has 1 heterocycles. The van der Waals surface area contributed by atoms with Crippen LogP contribution in [-0.2, 0) is 6.42 Å². The minimum Gasteiger partial charge on any atom is -0.330 e. The Morgan fingerprint density at radius 3 is 2.83 bits per heavy atom. The number of hydrogen-bond donors (Lipinski definition) is 1. The Morgan fingerprint density at radius 2 is 2.25 bits per heavy atom. The molecule has 12 heavy (non-hydrogen) atoms. The average molecular weight is 202 g/mol. The predicted molar refractivity (Wildman–Crippen MR) is 55.8 cm³/mol. The van der Waals surface area contributed by atoms with Gasteiger partial charge in [-0.05, 0) is 31.5 Å². The second kappa shape index (κ2) is 5.36. The van der Waals surface area contributed by atoms with Crippen molar-refractivity contribution in [2.24, 2.45) is 5.73 Å². The van der Waals surface area contributed by atoms with E-state index in [0.717, 1.165) is 23.7 Å². The maximum Gasteiger partial charge on any atom is 0.0931 e. The molecule has 0 radical (unpaired) electrons. The van der Waals surface area contributed by atoms with Gasteiger partial charge in [-0.25, -0.2) is 0 Å². The van der Waals surface area contributed by atoms with Gasteiger partial charge in [-0.1, -0.05) is 23.8 Å². The molecule has 1 aromatic heterocycles. The molecule has 1 nitrogen and oxygen atoms in total. The molecule has 66 valence electrons. The van der Waals surface area contributed by atoms with Gasteiger partial charge in [0, 0.05) is 4.88 Å². The van der Waals surface area contributed by atoms with Crippen LogP contribution in [0.1, 0.15) is 11.3 Å². The Labute approximate surface area is 81.9 Å². The quantitative estimate of drug-likeness (QED) is 0.745. The van der Waals surface area contributed by atoms with Crippen LogP contribution >= 0.6 is 22.9 Å². The molecule has 0 aliphatic heterocycles. The molecule has 0 spiro atoms. The molecule has 0 bridgehead atoms. The van der Waals surface area contributed by atoms with Crippen LogP contribution < -0.4 is 5.73 Å². The number of hydrogen-bond acceptors (Lipinski definition) is 2. The van der Waals surface area contributed by atoms with Gasteiger partial charge in [-0.3, -0.25) is 0 Å². The van der Waals surface area contributed by atoms with Crippen LogP contribution in [0.25, 0.3) is 0 Å². The summed E-state index contributed by atoms with van der Waals surface area (Å²) >= 11 is 7.40. The molecule has 0 aliphatic carbocycles. The lowest BCUT2D eigenvalue weighted by atomic mass is 10.3. The lowest BCUT2D eigenvalue weighted by Crippen LogP contribution is -1.95. The summed E-state index contributed by atoms with van der Waals surface area (Å²) in [6.45, 7) is 0.724. The van der Waals surface area contributed by atoms with Crippen LogP contribution in [0, 0.1) is 0 Å². The molecule has 0 aliphatic rings. The SMILES string of the molecule is NCCC=CCc1ccc(Cl)s1. The molecule has 0 atom stereocenters. The number of halogens is 1. The fourth-order valence-electron chi connectivity index (χ4n) is 0.875. The van der Waals surface area contributed by atoms with Gasteiger partial charge in [-0.15, -0.1) is 11.3 Å². The van der Waals surface area contributed by atoms with Crippen molar-refractivity contribution >= 4 is 22.9 Å². The monoisotopic (exact) mass is 201 g/mol. The number of allylic oxidation sites excluding steroid dienone is 1. The van der Waals surface area contributed by atoms with Crippen molar-refractivity contribution < 1.29 is 0 Å². The van der Waals surface area contributed by atoms with E-state index in [1.54, 1.807) is 11.3 Å². The van der Waals surface area contributed by atoms with Crippen molar-refractivity contribution in [2.75, 3.05) is 6.54 Å². The zero-order valence-electron chi connectivity index (χ0n) is 6.79. The third-order valence-electron chi connectivity index (χ3n) is 1.45. The van der Waals surface area contributed by atoms with Crippen molar-refractivity contribution in [1.29, 1.82) is 0 Å². The van der Waals surface area contributed by atoms with Crippen molar-refractivity contribution in [1.82, 2.24) is 0 Å². The third kappa shape index (κ3) is 3.39. The second-order valence-corrected chi connectivity index (χ2v) is 4.26. The molecule has 3 heteroatoms. The van der Waals surface area contributed by atoms with Gasteiger partial charge in [0.1, 0.15) is 0 Å². The molecular formula is C9H12ClNS. The lowest BCUT2D eigenvalue weighted by molar-refractivity contribution is 1.00. The highest BCUT2D eigenvalue weighted by Gasteiger charge is 1.93. The normalized spacial score (nSPS) is 11.2. The third-order valence-corrected chi connectivity index (χ3v) is 2.70. The number of nitrogens with two attached hydrogens (primary N) is 1. The first kappa shape index (κ1) is 9.78. The summed E-state index contributed by atoms with van der Waals surface area (Å²) in [6.07, 6.45) is 6.17. The molecular weight excluding hydrogens is 190 g/mol. The van der Waals surface area contributed by atoms with E-state index in [4.69, 9.17) is 17.3 Å². The molecule has 0 unspecified atom stereocenters. The molecule has 1 aromatic rings. The smallest absolute Gasteiger partial charge is 0.0931 e. The Hall–Kier alpha value is -0.310. The fraction of sp³-hybridized carbons (Fsp3) is 0.333. The van der Waals surface area contributed by atoms with Crippen LogP contribution in [0.3, 0.4) is 0 Å². The maximum absolute atomic E-state index is 5.77. The maximum atomic E-state index is 5.77. The number of rotatable bonds is 4. The molecule has 0 amide bonds. The van der Waals surface area contributed by atoms with E-state index in [9.17, 15) is 0 Å². The Bertz CT molecular complexity index is 255. The van der Waals surface area contributed by atoms with Crippen LogP contribution in [0.15, 0.2) is 24.3 Å². The number of thiophene rings is 1. The van der Waals surface area contributed by atoms with Gasteiger partial charge in [0.15, 0.2) is 0 Å². The zero-order chi connectivity index (χ0) is 8.81. The van der Waals surface area contributed by atoms with Crippen molar-refractivity contribution in [3.05, 3.63) is 33.5 Å². The molecule has 0 saturated carbocycles. The Morgan fingerprint density at radius 1 is 1.42 bits per heavy atom. The average Bonchev–Trinajstić information content (AvgIpc) is 2.45. The first-order valence-corrected chi connectivity index (χ1v) is 5.11. The van der Waals surface area contributed by atoms with Gasteiger partial charge in [0.05, 0.1) is 4.34 Å². The van der Waals surface area contributed by atoms with Crippen molar-refractivity contribution in [3.63, 3.8) is 0 Å². The molecule has 1 rings (SSSR count). The van der Waals surface area contributed by atoms with Gasteiger partial charge in [0.2, 0.25) is 0 Å². The van der Waals surface area contributed by atoms with Gasteiger partial charge in [0.25, 0.3) is 0 Å². The minimum absolute atomic E-state index is 0.724. The van der Waals surface area contributed by atoms with E-state index in [1.807, 2.05) is 6.07 Å². The van der Waals surface area contributed by atoms with E-state index in [2.05, 4.69) is 18.2 Å². The highest BCUT2D eigenvalue weighted by molar-refractivity contribution is 7.16. The lowest BCUT2D eigenvalue weighted by Gasteiger charge is -1.87. The fourth-order valence-corrected chi connectivity index (χ4v) is 1.94. The molecule has 0 aromatic carbocycles. The largest absolute Gasteiger partial charge is 0.330 e. The molecule has 0 fully saturated rings. The topological polar surface area (TPSA) is 26.0 Å². The first-order chi connectivity index (χ1) is 5.83. The van der Waals surface area contributed by atoms with E-state index < -0.39 is 0 Å². The summed E-state index contributed by atoms with van der Waals surface area (Å²) in [7, 11) is 0. The Balaban J connectivity index is 2.33. The van der Waals surface area contributed by atoms with Gasteiger partial charge < -0.3 is 5.73 Å². The summed E-state index contributed by atoms with van der Waals surface area (Å²) in [5.41, 5.74) is 5.34. The van der Waals surface area contributed by atoms with Gasteiger partial charge >= 0.3 is 0 Å². The summed E-state index contributed by atoms with van der Waals surface area (Å²) < 4.78 is 0.859. The van der Waals surface area contributed by atoms with Crippen LogP contribution in [0.5, 0.6) is 0 Å². The summed E-state index contributed by atoms with van der Waals surface area (Å²) in [4.78, 5) is 1.30. The standard InChI is InChI=1S/C9H12ClNS/c10-9-6-5-8(12-9)4-2-1-3-7-11/h1-2,5-6H,3-4,7,11H2. The van der Waals surface area contributed by atoms with Crippen LogP contribution in [-0.4, -0.2) is 6.54 Å².